The van der Waals surface area contributed by atoms with Gasteiger partial charge in [0.2, 0.25) is 5.91 Å². The monoisotopic (exact) mass is 268 g/mol. The van der Waals surface area contributed by atoms with Crippen LogP contribution in [0.3, 0.4) is 0 Å². The first-order valence-electron chi connectivity index (χ1n) is 6.51. The smallest absolute Gasteiger partial charge is 0.222 e. The van der Waals surface area contributed by atoms with Crippen molar-refractivity contribution in [1.29, 1.82) is 0 Å². The summed E-state index contributed by atoms with van der Waals surface area (Å²) in [6, 6.07) is 2.59. The number of rotatable bonds is 7. The van der Waals surface area contributed by atoms with E-state index in [1.54, 1.807) is 11.3 Å². The van der Waals surface area contributed by atoms with Crippen LogP contribution in [-0.4, -0.2) is 30.4 Å². The molecule has 1 N–H and O–H groups in total. The van der Waals surface area contributed by atoms with Crippen molar-refractivity contribution in [2.45, 2.75) is 46.2 Å². The molecule has 102 valence electrons. The Balaban J connectivity index is 2.27. The van der Waals surface area contributed by atoms with E-state index in [4.69, 9.17) is 0 Å². The lowest BCUT2D eigenvalue weighted by Crippen LogP contribution is -2.28. The van der Waals surface area contributed by atoms with Crippen molar-refractivity contribution in [3.8, 4) is 0 Å². The van der Waals surface area contributed by atoms with Crippen molar-refractivity contribution >= 4 is 17.2 Å². The summed E-state index contributed by atoms with van der Waals surface area (Å²) in [4.78, 5) is 15.0. The van der Waals surface area contributed by atoms with Crippen molar-refractivity contribution in [3.63, 3.8) is 0 Å². The molecular formula is C14H24N2OS. The lowest BCUT2D eigenvalue weighted by Gasteiger charge is -2.17. The Morgan fingerprint density at radius 3 is 2.78 bits per heavy atom. The quantitative estimate of drug-likeness (QED) is 0.771. The summed E-state index contributed by atoms with van der Waals surface area (Å²) in [5.41, 5.74) is 1.28. The molecule has 0 unspecified atom stereocenters. The van der Waals surface area contributed by atoms with E-state index in [0.29, 0.717) is 12.5 Å². The zero-order valence-electron chi connectivity index (χ0n) is 11.8. The lowest BCUT2D eigenvalue weighted by atomic mass is 10.2. The molecule has 0 saturated carbocycles. The van der Waals surface area contributed by atoms with E-state index in [9.17, 15) is 4.79 Å². The fraction of sp³-hybridized carbons (Fsp3) is 0.643. The molecule has 1 aromatic heterocycles. The normalized spacial score (nSPS) is 10.9. The van der Waals surface area contributed by atoms with Gasteiger partial charge in [-0.25, -0.2) is 0 Å². The average molecular weight is 268 g/mol. The van der Waals surface area contributed by atoms with Gasteiger partial charge in [0.15, 0.2) is 0 Å². The third kappa shape index (κ3) is 5.19. The van der Waals surface area contributed by atoms with Crippen LogP contribution in [0.4, 0.5) is 0 Å². The number of thiophene rings is 1. The first kappa shape index (κ1) is 15.2. The van der Waals surface area contributed by atoms with Gasteiger partial charge in [0.25, 0.3) is 0 Å². The second-order valence-corrected chi connectivity index (χ2v) is 5.99. The fourth-order valence-electron chi connectivity index (χ4n) is 1.69. The van der Waals surface area contributed by atoms with Crippen LogP contribution in [0, 0.1) is 6.92 Å². The van der Waals surface area contributed by atoms with Crippen LogP contribution in [0.25, 0.3) is 0 Å². The van der Waals surface area contributed by atoms with E-state index in [-0.39, 0.29) is 5.91 Å². The highest BCUT2D eigenvalue weighted by Crippen LogP contribution is 2.17. The summed E-state index contributed by atoms with van der Waals surface area (Å²) in [6.45, 7) is 7.98. The second kappa shape index (κ2) is 7.54. The number of carbonyl (C=O) groups is 1. The zero-order chi connectivity index (χ0) is 13.5. The summed E-state index contributed by atoms with van der Waals surface area (Å²) in [5, 5.41) is 5.40. The van der Waals surface area contributed by atoms with E-state index in [0.717, 1.165) is 19.5 Å². The van der Waals surface area contributed by atoms with Crippen LogP contribution in [0.5, 0.6) is 0 Å². The number of nitrogens with one attached hydrogen (secondary N) is 1. The van der Waals surface area contributed by atoms with Gasteiger partial charge in [-0.1, -0.05) is 13.8 Å². The van der Waals surface area contributed by atoms with Crippen LogP contribution < -0.4 is 5.32 Å². The van der Waals surface area contributed by atoms with Crippen LogP contribution in [0.2, 0.25) is 0 Å². The van der Waals surface area contributed by atoms with Gasteiger partial charge in [0.05, 0.1) is 6.54 Å². The van der Waals surface area contributed by atoms with E-state index >= 15 is 0 Å². The van der Waals surface area contributed by atoms with Crippen molar-refractivity contribution in [2.24, 2.45) is 0 Å². The zero-order valence-corrected chi connectivity index (χ0v) is 12.6. The molecule has 1 rings (SSSR count). The minimum absolute atomic E-state index is 0.230. The largest absolute Gasteiger partial charge is 0.341 e. The third-order valence-corrected chi connectivity index (χ3v) is 3.90. The molecule has 0 spiro atoms. The SMILES string of the molecule is Cc1ccsc1CN(C)C(=O)CCCNC(C)C. The highest BCUT2D eigenvalue weighted by Gasteiger charge is 2.10. The summed E-state index contributed by atoms with van der Waals surface area (Å²) in [6.07, 6.45) is 1.53. The molecule has 0 aliphatic rings. The predicted molar refractivity (Wildman–Crippen MR) is 77.9 cm³/mol. The summed E-state index contributed by atoms with van der Waals surface area (Å²) in [7, 11) is 1.89. The molecule has 0 aromatic carbocycles. The second-order valence-electron chi connectivity index (χ2n) is 4.99. The van der Waals surface area contributed by atoms with Gasteiger partial charge in [-0.05, 0) is 36.9 Å². The van der Waals surface area contributed by atoms with Crippen LogP contribution in [0.15, 0.2) is 11.4 Å². The van der Waals surface area contributed by atoms with E-state index in [2.05, 4.69) is 37.5 Å². The van der Waals surface area contributed by atoms with Crippen molar-refractivity contribution in [1.82, 2.24) is 10.2 Å². The van der Waals surface area contributed by atoms with Gasteiger partial charge >= 0.3 is 0 Å². The highest BCUT2D eigenvalue weighted by atomic mass is 32.1. The van der Waals surface area contributed by atoms with Crippen molar-refractivity contribution in [2.75, 3.05) is 13.6 Å². The van der Waals surface area contributed by atoms with E-state index in [1.165, 1.54) is 10.4 Å². The molecule has 0 aliphatic heterocycles. The third-order valence-electron chi connectivity index (χ3n) is 2.89. The van der Waals surface area contributed by atoms with E-state index < -0.39 is 0 Å². The summed E-state index contributed by atoms with van der Waals surface area (Å²) in [5.74, 6) is 0.230. The Bertz CT molecular complexity index is 374. The lowest BCUT2D eigenvalue weighted by molar-refractivity contribution is -0.130. The molecule has 1 amide bonds. The number of amides is 1. The van der Waals surface area contributed by atoms with Gasteiger partial charge in [0, 0.05) is 24.4 Å². The Hall–Kier alpha value is -0.870. The number of carbonyl (C=O) groups excluding carboxylic acids is 1. The van der Waals surface area contributed by atoms with E-state index in [1.807, 2.05) is 11.9 Å². The van der Waals surface area contributed by atoms with Crippen LogP contribution in [-0.2, 0) is 11.3 Å². The topological polar surface area (TPSA) is 32.3 Å². The number of hydrogen-bond donors (Lipinski definition) is 1. The minimum atomic E-state index is 0.230. The van der Waals surface area contributed by atoms with Crippen molar-refractivity contribution < 1.29 is 4.79 Å². The molecule has 0 aliphatic carbocycles. The molecule has 0 atom stereocenters. The standard InChI is InChI=1S/C14H24N2OS/c1-11(2)15-8-5-6-14(17)16(4)10-13-12(3)7-9-18-13/h7,9,11,15H,5-6,8,10H2,1-4H3. The molecule has 0 radical (unpaired) electrons. The summed E-state index contributed by atoms with van der Waals surface area (Å²) >= 11 is 1.72. The molecule has 0 fully saturated rings. The van der Waals surface area contributed by atoms with Gasteiger partial charge < -0.3 is 10.2 Å². The first-order valence-corrected chi connectivity index (χ1v) is 7.39. The molecule has 3 nitrogen and oxygen atoms in total. The molecule has 18 heavy (non-hydrogen) atoms. The molecular weight excluding hydrogens is 244 g/mol. The molecule has 0 saturated heterocycles. The van der Waals surface area contributed by atoms with Crippen LogP contribution in [0.1, 0.15) is 37.1 Å². The van der Waals surface area contributed by atoms with Gasteiger partial charge in [-0.2, -0.15) is 0 Å². The maximum absolute atomic E-state index is 11.9. The van der Waals surface area contributed by atoms with Crippen molar-refractivity contribution in [3.05, 3.63) is 21.9 Å². The van der Waals surface area contributed by atoms with Crippen LogP contribution >= 0.6 is 11.3 Å². The predicted octanol–water partition coefficient (Wildman–Crippen LogP) is 2.79. The number of hydrogen-bond acceptors (Lipinski definition) is 3. The Kier molecular flexibility index (Phi) is 6.36. The maximum atomic E-state index is 11.9. The minimum Gasteiger partial charge on any atom is -0.341 e. The molecule has 4 heteroatoms. The van der Waals surface area contributed by atoms with Gasteiger partial charge in [-0.3, -0.25) is 4.79 Å². The maximum Gasteiger partial charge on any atom is 0.222 e. The highest BCUT2D eigenvalue weighted by molar-refractivity contribution is 7.10. The molecule has 1 heterocycles. The Labute approximate surface area is 114 Å². The summed E-state index contributed by atoms with van der Waals surface area (Å²) < 4.78 is 0. The number of aryl methyl sites for hydroxylation is 1. The Morgan fingerprint density at radius 2 is 2.22 bits per heavy atom. The first-order chi connectivity index (χ1) is 8.50. The number of nitrogens with zero attached hydrogens (tertiary/aromatic N) is 1. The average Bonchev–Trinajstić information content (AvgIpc) is 2.70. The molecule has 1 aromatic rings. The molecule has 0 bridgehead atoms. The van der Waals surface area contributed by atoms with Gasteiger partial charge in [0.1, 0.15) is 0 Å². The van der Waals surface area contributed by atoms with Gasteiger partial charge in [-0.15, -0.1) is 11.3 Å². The Morgan fingerprint density at radius 1 is 1.50 bits per heavy atom. The fourth-order valence-corrected chi connectivity index (χ4v) is 2.65.